The Morgan fingerprint density at radius 3 is 2.28 bits per heavy atom. The highest BCUT2D eigenvalue weighted by molar-refractivity contribution is 7.88. The predicted molar refractivity (Wildman–Crippen MR) is 103 cm³/mol. The molecule has 7 heteroatoms. The molecule has 0 spiro atoms. The molecular formula is C18H28N2O3S2. The molecule has 0 aliphatic rings. The third kappa shape index (κ3) is 6.26. The second-order valence-electron chi connectivity index (χ2n) is 6.98. The van der Waals surface area contributed by atoms with Crippen LogP contribution >= 0.6 is 11.3 Å². The van der Waals surface area contributed by atoms with Crippen molar-refractivity contribution < 1.29 is 12.8 Å². The molecule has 0 bridgehead atoms. The Hall–Kier alpha value is -1.15. The van der Waals surface area contributed by atoms with Gasteiger partial charge in [-0.15, -0.1) is 11.3 Å². The lowest BCUT2D eigenvalue weighted by Crippen LogP contribution is -2.26. The summed E-state index contributed by atoms with van der Waals surface area (Å²) >= 11 is 1.79. The molecule has 0 saturated heterocycles. The number of aryl methyl sites for hydroxylation is 1. The summed E-state index contributed by atoms with van der Waals surface area (Å²) in [6.45, 7) is 9.43. The van der Waals surface area contributed by atoms with Crippen molar-refractivity contribution in [1.82, 2.24) is 9.21 Å². The van der Waals surface area contributed by atoms with Gasteiger partial charge in [-0.1, -0.05) is 13.8 Å². The van der Waals surface area contributed by atoms with Gasteiger partial charge in [0.05, 0.1) is 19.3 Å². The SMILES string of the molecule is Cc1ccsc1CN(Cc1ccc(CN(C)S(C)(=O)=O)o1)CC(C)C. The Morgan fingerprint density at radius 1 is 1.12 bits per heavy atom. The monoisotopic (exact) mass is 384 g/mol. The summed E-state index contributed by atoms with van der Waals surface area (Å²) in [4.78, 5) is 3.76. The van der Waals surface area contributed by atoms with Gasteiger partial charge in [0.25, 0.3) is 0 Å². The van der Waals surface area contributed by atoms with E-state index in [1.807, 2.05) is 12.1 Å². The third-order valence-electron chi connectivity index (χ3n) is 4.00. The summed E-state index contributed by atoms with van der Waals surface area (Å²) in [5.74, 6) is 2.09. The Morgan fingerprint density at radius 2 is 1.76 bits per heavy atom. The van der Waals surface area contributed by atoms with Crippen LogP contribution in [-0.2, 0) is 29.7 Å². The van der Waals surface area contributed by atoms with Crippen molar-refractivity contribution in [2.75, 3.05) is 19.8 Å². The number of thiophene rings is 1. The number of rotatable bonds is 9. The normalized spacial score (nSPS) is 12.6. The Bertz CT molecular complexity index is 778. The highest BCUT2D eigenvalue weighted by Gasteiger charge is 2.16. The molecule has 0 fully saturated rings. The van der Waals surface area contributed by atoms with Crippen molar-refractivity contribution in [2.45, 2.75) is 40.4 Å². The minimum atomic E-state index is -3.21. The van der Waals surface area contributed by atoms with E-state index in [9.17, 15) is 8.42 Å². The largest absolute Gasteiger partial charge is 0.463 e. The first-order chi connectivity index (χ1) is 11.6. The molecule has 0 atom stereocenters. The molecule has 0 amide bonds. The summed E-state index contributed by atoms with van der Waals surface area (Å²) in [6.07, 6.45) is 1.20. The summed E-state index contributed by atoms with van der Waals surface area (Å²) in [7, 11) is -1.65. The van der Waals surface area contributed by atoms with E-state index in [0.717, 1.165) is 25.4 Å². The van der Waals surface area contributed by atoms with Gasteiger partial charge in [-0.05, 0) is 42.0 Å². The smallest absolute Gasteiger partial charge is 0.211 e. The van der Waals surface area contributed by atoms with Crippen LogP contribution in [0.1, 0.15) is 35.8 Å². The van der Waals surface area contributed by atoms with Crippen LogP contribution in [0.25, 0.3) is 0 Å². The van der Waals surface area contributed by atoms with E-state index in [4.69, 9.17) is 4.42 Å². The molecule has 0 unspecified atom stereocenters. The van der Waals surface area contributed by atoms with Crippen LogP contribution in [0, 0.1) is 12.8 Å². The van der Waals surface area contributed by atoms with Crippen LogP contribution in [0.5, 0.6) is 0 Å². The third-order valence-corrected chi connectivity index (χ3v) is 6.27. The predicted octanol–water partition coefficient (Wildman–Crippen LogP) is 3.70. The van der Waals surface area contributed by atoms with Gasteiger partial charge in [-0.25, -0.2) is 8.42 Å². The molecule has 0 radical (unpaired) electrons. The molecule has 5 nitrogen and oxygen atoms in total. The molecule has 2 aromatic heterocycles. The van der Waals surface area contributed by atoms with Crippen LogP contribution in [-0.4, -0.2) is 37.5 Å². The molecule has 2 aromatic rings. The zero-order valence-corrected chi connectivity index (χ0v) is 17.3. The molecule has 2 heterocycles. The Balaban J connectivity index is 2.05. The first kappa shape index (κ1) is 20.2. The molecular weight excluding hydrogens is 356 g/mol. The standard InChI is InChI=1S/C18H28N2O3S2/c1-14(2)10-20(13-18-15(3)8-9-24-18)12-17-7-6-16(23-17)11-19(4)25(5,21)22/h6-9,14H,10-13H2,1-5H3. The van der Waals surface area contributed by atoms with Gasteiger partial charge >= 0.3 is 0 Å². The molecule has 2 rings (SSSR count). The van der Waals surface area contributed by atoms with Gasteiger partial charge in [0.2, 0.25) is 10.0 Å². The maximum atomic E-state index is 11.5. The molecule has 0 aromatic carbocycles. The van der Waals surface area contributed by atoms with Crippen molar-refractivity contribution in [3.63, 3.8) is 0 Å². The first-order valence-corrected chi connectivity index (χ1v) is 11.1. The maximum absolute atomic E-state index is 11.5. The van der Waals surface area contributed by atoms with Crippen molar-refractivity contribution in [1.29, 1.82) is 0 Å². The molecule has 25 heavy (non-hydrogen) atoms. The van der Waals surface area contributed by atoms with E-state index in [1.165, 1.54) is 21.0 Å². The molecule has 0 aliphatic heterocycles. The van der Waals surface area contributed by atoms with E-state index in [0.29, 0.717) is 11.7 Å². The fourth-order valence-corrected chi connectivity index (χ4v) is 3.93. The lowest BCUT2D eigenvalue weighted by Gasteiger charge is -2.23. The quantitative estimate of drug-likeness (QED) is 0.661. The van der Waals surface area contributed by atoms with Crippen LogP contribution in [0.2, 0.25) is 0 Å². The molecule has 0 aliphatic carbocycles. The number of nitrogens with zero attached hydrogens (tertiary/aromatic N) is 2. The fraction of sp³-hybridized carbons (Fsp3) is 0.556. The highest BCUT2D eigenvalue weighted by Crippen LogP contribution is 2.21. The van der Waals surface area contributed by atoms with Crippen molar-refractivity contribution in [3.05, 3.63) is 45.5 Å². The topological polar surface area (TPSA) is 53.8 Å². The number of furan rings is 1. The second kappa shape index (κ2) is 8.49. The zero-order chi connectivity index (χ0) is 18.6. The van der Waals surface area contributed by atoms with Crippen molar-refractivity contribution in [2.24, 2.45) is 5.92 Å². The van der Waals surface area contributed by atoms with Crippen LogP contribution in [0.15, 0.2) is 28.0 Å². The number of sulfonamides is 1. The van der Waals surface area contributed by atoms with Gasteiger partial charge in [-0.2, -0.15) is 4.31 Å². The van der Waals surface area contributed by atoms with Gasteiger partial charge < -0.3 is 4.42 Å². The Kier molecular flexibility index (Phi) is 6.85. The highest BCUT2D eigenvalue weighted by atomic mass is 32.2. The summed E-state index contributed by atoms with van der Waals surface area (Å²) in [5, 5.41) is 2.13. The lowest BCUT2D eigenvalue weighted by atomic mass is 10.2. The molecule has 0 N–H and O–H groups in total. The van der Waals surface area contributed by atoms with Crippen LogP contribution < -0.4 is 0 Å². The lowest BCUT2D eigenvalue weighted by molar-refractivity contribution is 0.209. The maximum Gasteiger partial charge on any atom is 0.211 e. The van der Waals surface area contributed by atoms with Crippen LogP contribution in [0.4, 0.5) is 0 Å². The number of hydrogen-bond donors (Lipinski definition) is 0. The van der Waals surface area contributed by atoms with E-state index in [2.05, 4.69) is 37.1 Å². The summed E-state index contributed by atoms with van der Waals surface area (Å²) in [5.41, 5.74) is 1.33. The minimum absolute atomic E-state index is 0.257. The van der Waals surface area contributed by atoms with Gasteiger partial charge in [0.1, 0.15) is 11.5 Å². The Labute approximate surface area is 155 Å². The van der Waals surface area contributed by atoms with Crippen LogP contribution in [0.3, 0.4) is 0 Å². The van der Waals surface area contributed by atoms with Gasteiger partial charge in [0, 0.05) is 25.0 Å². The average Bonchev–Trinajstić information content (AvgIpc) is 3.07. The molecule has 140 valence electrons. The van der Waals surface area contributed by atoms with Crippen molar-refractivity contribution >= 4 is 21.4 Å². The fourth-order valence-electron chi connectivity index (χ4n) is 2.62. The van der Waals surface area contributed by atoms with E-state index in [-0.39, 0.29) is 6.54 Å². The minimum Gasteiger partial charge on any atom is -0.463 e. The van der Waals surface area contributed by atoms with E-state index >= 15 is 0 Å². The summed E-state index contributed by atoms with van der Waals surface area (Å²) < 4.78 is 30.2. The molecule has 0 saturated carbocycles. The zero-order valence-electron chi connectivity index (χ0n) is 15.7. The second-order valence-corrected chi connectivity index (χ2v) is 10.1. The average molecular weight is 385 g/mol. The first-order valence-electron chi connectivity index (χ1n) is 8.39. The van der Waals surface area contributed by atoms with Gasteiger partial charge in [0.15, 0.2) is 0 Å². The van der Waals surface area contributed by atoms with E-state index < -0.39 is 10.0 Å². The number of hydrogen-bond acceptors (Lipinski definition) is 5. The van der Waals surface area contributed by atoms with E-state index in [1.54, 1.807) is 18.4 Å². The summed E-state index contributed by atoms with van der Waals surface area (Å²) in [6, 6.07) is 5.96. The van der Waals surface area contributed by atoms with Crippen molar-refractivity contribution in [3.8, 4) is 0 Å². The van der Waals surface area contributed by atoms with Gasteiger partial charge in [-0.3, -0.25) is 4.90 Å².